The van der Waals surface area contributed by atoms with Crippen LogP contribution in [-0.2, 0) is 14.8 Å². The number of ether oxygens (including phenoxy) is 2. The molecule has 0 heterocycles. The van der Waals surface area contributed by atoms with Crippen LogP contribution in [-0.4, -0.2) is 28.6 Å². The van der Waals surface area contributed by atoms with Crippen molar-refractivity contribution in [2.24, 2.45) is 0 Å². The van der Waals surface area contributed by atoms with E-state index in [9.17, 15) is 13.2 Å². The summed E-state index contributed by atoms with van der Waals surface area (Å²) in [4.78, 5) is 11.9. The average molecular weight is 363 g/mol. The summed E-state index contributed by atoms with van der Waals surface area (Å²) in [5.74, 6) is 0.104. The van der Waals surface area contributed by atoms with Crippen molar-refractivity contribution in [1.82, 2.24) is 0 Å². The van der Waals surface area contributed by atoms with Crippen molar-refractivity contribution >= 4 is 21.7 Å². The van der Waals surface area contributed by atoms with Gasteiger partial charge in [-0.2, -0.15) is 0 Å². The van der Waals surface area contributed by atoms with E-state index in [1.807, 2.05) is 13.8 Å². The Bertz CT molecular complexity index is 875. The molecule has 2 aromatic rings. The van der Waals surface area contributed by atoms with Crippen LogP contribution in [0.3, 0.4) is 0 Å². The molecule has 0 saturated heterocycles. The van der Waals surface area contributed by atoms with Crippen molar-refractivity contribution in [3.05, 3.63) is 53.6 Å². The van der Waals surface area contributed by atoms with Gasteiger partial charge in [-0.25, -0.2) is 13.2 Å². The standard InChI is InChI=1S/C18H21NO5S/c1-12(2)15-11-13(9-10-17(15)23-3)25(21,22)19-16-8-6-5-7-14(16)18(20)24-4/h5-12,19H,1-4H3. The molecule has 0 aliphatic heterocycles. The van der Waals surface area contributed by atoms with Crippen molar-refractivity contribution in [2.45, 2.75) is 24.7 Å². The Labute approximate surface area is 147 Å². The van der Waals surface area contributed by atoms with Gasteiger partial charge in [-0.05, 0) is 41.8 Å². The lowest BCUT2D eigenvalue weighted by atomic mass is 10.0. The highest BCUT2D eigenvalue weighted by Crippen LogP contribution is 2.30. The molecule has 0 fully saturated rings. The van der Waals surface area contributed by atoms with Gasteiger partial charge in [0.2, 0.25) is 0 Å². The summed E-state index contributed by atoms with van der Waals surface area (Å²) in [6.45, 7) is 3.91. The third-order valence-corrected chi connectivity index (χ3v) is 5.07. The maximum Gasteiger partial charge on any atom is 0.339 e. The predicted molar refractivity (Wildman–Crippen MR) is 95.7 cm³/mol. The van der Waals surface area contributed by atoms with E-state index in [0.717, 1.165) is 5.56 Å². The summed E-state index contributed by atoms with van der Waals surface area (Å²) < 4.78 is 37.9. The Kier molecular flexibility index (Phi) is 5.69. The number of carbonyl (C=O) groups is 1. The van der Waals surface area contributed by atoms with Gasteiger partial charge in [0, 0.05) is 0 Å². The molecule has 0 bridgehead atoms. The van der Waals surface area contributed by atoms with Gasteiger partial charge in [-0.3, -0.25) is 4.72 Å². The third-order valence-electron chi connectivity index (χ3n) is 3.71. The molecule has 0 amide bonds. The lowest BCUT2D eigenvalue weighted by Gasteiger charge is -2.15. The molecule has 0 aliphatic rings. The summed E-state index contributed by atoms with van der Waals surface area (Å²) in [5.41, 5.74) is 1.09. The van der Waals surface area contributed by atoms with Crippen LogP contribution in [0.4, 0.5) is 5.69 Å². The fraction of sp³-hybridized carbons (Fsp3) is 0.278. The van der Waals surface area contributed by atoms with E-state index in [4.69, 9.17) is 4.74 Å². The molecule has 134 valence electrons. The van der Waals surface area contributed by atoms with Crippen molar-refractivity contribution in [1.29, 1.82) is 0 Å². The smallest absolute Gasteiger partial charge is 0.339 e. The Morgan fingerprint density at radius 1 is 1.08 bits per heavy atom. The minimum atomic E-state index is -3.87. The Morgan fingerprint density at radius 3 is 2.36 bits per heavy atom. The second-order valence-electron chi connectivity index (χ2n) is 5.70. The number of rotatable bonds is 6. The van der Waals surface area contributed by atoms with Gasteiger partial charge in [0.1, 0.15) is 5.75 Å². The zero-order valence-corrected chi connectivity index (χ0v) is 15.4. The molecule has 0 radical (unpaired) electrons. The van der Waals surface area contributed by atoms with E-state index in [2.05, 4.69) is 9.46 Å². The van der Waals surface area contributed by atoms with Crippen LogP contribution < -0.4 is 9.46 Å². The molecule has 0 unspecified atom stereocenters. The van der Waals surface area contributed by atoms with Gasteiger partial charge in [0.25, 0.3) is 10.0 Å². The Hall–Kier alpha value is -2.54. The maximum absolute atomic E-state index is 12.7. The van der Waals surface area contributed by atoms with Gasteiger partial charge in [-0.15, -0.1) is 0 Å². The first kappa shape index (κ1) is 18.8. The third kappa shape index (κ3) is 4.11. The maximum atomic E-state index is 12.7. The highest BCUT2D eigenvalue weighted by atomic mass is 32.2. The van der Waals surface area contributed by atoms with Crippen LogP contribution >= 0.6 is 0 Å². The molecule has 1 N–H and O–H groups in total. The van der Waals surface area contributed by atoms with E-state index < -0.39 is 16.0 Å². The predicted octanol–water partition coefficient (Wildman–Crippen LogP) is 3.41. The van der Waals surface area contributed by atoms with Crippen molar-refractivity contribution in [3.8, 4) is 5.75 Å². The quantitative estimate of drug-likeness (QED) is 0.796. The molecule has 0 atom stereocenters. The number of hydrogen-bond acceptors (Lipinski definition) is 5. The van der Waals surface area contributed by atoms with Gasteiger partial charge < -0.3 is 9.47 Å². The summed E-state index contributed by atoms with van der Waals surface area (Å²) in [6.07, 6.45) is 0. The normalized spacial score (nSPS) is 11.2. The molecule has 25 heavy (non-hydrogen) atoms. The summed E-state index contributed by atoms with van der Waals surface area (Å²) >= 11 is 0. The van der Waals surface area contributed by atoms with Gasteiger partial charge >= 0.3 is 5.97 Å². The van der Waals surface area contributed by atoms with Crippen LogP contribution in [0.1, 0.15) is 35.7 Å². The number of hydrogen-bond donors (Lipinski definition) is 1. The molecule has 7 heteroatoms. The molecule has 2 aromatic carbocycles. The monoisotopic (exact) mass is 363 g/mol. The number of sulfonamides is 1. The molecule has 2 rings (SSSR count). The van der Waals surface area contributed by atoms with Gasteiger partial charge in [0.15, 0.2) is 0 Å². The first-order valence-corrected chi connectivity index (χ1v) is 9.16. The molecule has 0 saturated carbocycles. The number of nitrogens with one attached hydrogen (secondary N) is 1. The van der Waals surface area contributed by atoms with E-state index in [1.54, 1.807) is 31.4 Å². The molecular formula is C18H21NO5S. The average Bonchev–Trinajstić information content (AvgIpc) is 2.60. The van der Waals surface area contributed by atoms with Crippen LogP contribution in [0.15, 0.2) is 47.4 Å². The number of benzene rings is 2. The summed E-state index contributed by atoms with van der Waals surface area (Å²) in [7, 11) is -1.09. The molecule has 0 aromatic heterocycles. The lowest BCUT2D eigenvalue weighted by molar-refractivity contribution is 0.0602. The summed E-state index contributed by atoms with van der Waals surface area (Å²) in [5, 5.41) is 0. The first-order valence-electron chi connectivity index (χ1n) is 7.68. The highest BCUT2D eigenvalue weighted by Gasteiger charge is 2.21. The molecular weight excluding hydrogens is 342 g/mol. The lowest BCUT2D eigenvalue weighted by Crippen LogP contribution is -2.16. The molecule has 0 aliphatic carbocycles. The van der Waals surface area contributed by atoms with Crippen molar-refractivity contribution in [3.63, 3.8) is 0 Å². The zero-order chi connectivity index (χ0) is 18.6. The second kappa shape index (κ2) is 7.57. The number of methoxy groups -OCH3 is 2. The van der Waals surface area contributed by atoms with E-state index in [0.29, 0.717) is 5.75 Å². The number of carbonyl (C=O) groups excluding carboxylic acids is 1. The Balaban J connectivity index is 2.44. The van der Waals surface area contributed by atoms with Crippen LogP contribution in [0.2, 0.25) is 0 Å². The fourth-order valence-electron chi connectivity index (χ4n) is 2.39. The van der Waals surface area contributed by atoms with E-state index in [-0.39, 0.29) is 22.1 Å². The second-order valence-corrected chi connectivity index (χ2v) is 7.38. The highest BCUT2D eigenvalue weighted by molar-refractivity contribution is 7.92. The topological polar surface area (TPSA) is 81.7 Å². The number of para-hydroxylation sites is 1. The Morgan fingerprint density at radius 2 is 1.76 bits per heavy atom. The fourth-order valence-corrected chi connectivity index (χ4v) is 3.51. The van der Waals surface area contributed by atoms with E-state index >= 15 is 0 Å². The first-order chi connectivity index (χ1) is 11.8. The number of anilines is 1. The van der Waals surface area contributed by atoms with Crippen LogP contribution in [0.25, 0.3) is 0 Å². The number of esters is 1. The molecule has 6 nitrogen and oxygen atoms in total. The van der Waals surface area contributed by atoms with Gasteiger partial charge in [-0.1, -0.05) is 26.0 Å². The zero-order valence-electron chi connectivity index (χ0n) is 14.6. The van der Waals surface area contributed by atoms with Gasteiger partial charge in [0.05, 0.1) is 30.4 Å². The van der Waals surface area contributed by atoms with Crippen LogP contribution in [0, 0.1) is 0 Å². The largest absolute Gasteiger partial charge is 0.496 e. The SMILES string of the molecule is COC(=O)c1ccccc1NS(=O)(=O)c1ccc(OC)c(C(C)C)c1. The van der Waals surface area contributed by atoms with E-state index in [1.165, 1.54) is 25.3 Å². The minimum Gasteiger partial charge on any atom is -0.496 e. The van der Waals surface area contributed by atoms with Crippen molar-refractivity contribution < 1.29 is 22.7 Å². The minimum absolute atomic E-state index is 0.0902. The summed E-state index contributed by atoms with van der Waals surface area (Å²) in [6, 6.07) is 10.9. The van der Waals surface area contributed by atoms with Crippen LogP contribution in [0.5, 0.6) is 5.75 Å². The van der Waals surface area contributed by atoms with Crippen molar-refractivity contribution in [2.75, 3.05) is 18.9 Å². The molecule has 0 spiro atoms.